The first kappa shape index (κ1) is 17.8. The minimum Gasteiger partial charge on any atom is -0.516 e. The third-order valence-electron chi connectivity index (χ3n) is 3.96. The summed E-state index contributed by atoms with van der Waals surface area (Å²) in [4.78, 5) is 0. The second-order valence-corrected chi connectivity index (χ2v) is 5.78. The molecule has 0 radical (unpaired) electrons. The van der Waals surface area contributed by atoms with Gasteiger partial charge in [-0.1, -0.05) is 63.3 Å². The van der Waals surface area contributed by atoms with Gasteiger partial charge in [0.1, 0.15) is 0 Å². The minimum absolute atomic E-state index is 0.0629. The summed E-state index contributed by atoms with van der Waals surface area (Å²) in [7, 11) is 0. The molecule has 0 fully saturated rings. The monoisotopic (exact) mass is 290 g/mol. The Hall–Kier alpha value is -1.28. The van der Waals surface area contributed by atoms with Gasteiger partial charge in [0, 0.05) is 0 Å². The molecule has 0 aliphatic heterocycles. The lowest BCUT2D eigenvalue weighted by atomic mass is 10.0. The fourth-order valence-corrected chi connectivity index (χ4v) is 2.47. The standard InChI is InChI=1S/C19H30O2/c1-2-3-4-5-6-7-8-17-9-11-18(12-10-17)13-14-19(15-20)16-21/h9-12,15,20-21H,2-8,13-14,16H2,1H3/b19-15+. The molecule has 21 heavy (non-hydrogen) atoms. The van der Waals surface area contributed by atoms with E-state index in [4.69, 9.17) is 10.2 Å². The predicted molar refractivity (Wildman–Crippen MR) is 89.6 cm³/mol. The highest BCUT2D eigenvalue weighted by atomic mass is 16.3. The van der Waals surface area contributed by atoms with Gasteiger partial charge in [-0.2, -0.15) is 0 Å². The van der Waals surface area contributed by atoms with Crippen molar-refractivity contribution in [3.05, 3.63) is 47.2 Å². The molecule has 1 aromatic carbocycles. The molecule has 1 rings (SSSR count). The van der Waals surface area contributed by atoms with E-state index in [1.54, 1.807) is 0 Å². The SMILES string of the molecule is CCCCCCCCc1ccc(CC/C(=C\O)CO)cc1. The van der Waals surface area contributed by atoms with Crippen LogP contribution in [0.2, 0.25) is 0 Å². The van der Waals surface area contributed by atoms with Gasteiger partial charge in [-0.15, -0.1) is 0 Å². The third-order valence-corrected chi connectivity index (χ3v) is 3.96. The number of hydrogen-bond donors (Lipinski definition) is 2. The molecule has 1 aromatic rings. The molecule has 0 saturated carbocycles. The maximum Gasteiger partial charge on any atom is 0.0806 e. The normalized spacial score (nSPS) is 11.8. The van der Waals surface area contributed by atoms with E-state index >= 15 is 0 Å². The van der Waals surface area contributed by atoms with Crippen LogP contribution in [0.25, 0.3) is 0 Å². The summed E-state index contributed by atoms with van der Waals surface area (Å²) < 4.78 is 0. The second kappa shape index (κ2) is 11.4. The highest BCUT2D eigenvalue weighted by Gasteiger charge is 1.99. The molecule has 0 spiro atoms. The molecule has 0 aromatic heterocycles. The third kappa shape index (κ3) is 7.91. The van der Waals surface area contributed by atoms with Gasteiger partial charge in [-0.25, -0.2) is 0 Å². The van der Waals surface area contributed by atoms with Crippen LogP contribution in [0.1, 0.15) is 63.0 Å². The van der Waals surface area contributed by atoms with E-state index in [0.29, 0.717) is 12.0 Å². The first-order valence-electron chi connectivity index (χ1n) is 8.31. The zero-order chi connectivity index (χ0) is 15.3. The van der Waals surface area contributed by atoms with E-state index in [1.165, 1.54) is 56.1 Å². The second-order valence-electron chi connectivity index (χ2n) is 5.78. The number of aryl methyl sites for hydroxylation is 2. The van der Waals surface area contributed by atoms with Crippen LogP contribution < -0.4 is 0 Å². The van der Waals surface area contributed by atoms with Gasteiger partial charge in [0.25, 0.3) is 0 Å². The zero-order valence-electron chi connectivity index (χ0n) is 13.4. The van der Waals surface area contributed by atoms with E-state index < -0.39 is 0 Å². The Bertz CT molecular complexity index is 393. The van der Waals surface area contributed by atoms with Crippen LogP contribution in [0.3, 0.4) is 0 Å². The molecule has 0 aliphatic rings. The molecule has 0 saturated heterocycles. The smallest absolute Gasteiger partial charge is 0.0806 e. The van der Waals surface area contributed by atoms with Gasteiger partial charge < -0.3 is 10.2 Å². The van der Waals surface area contributed by atoms with E-state index in [-0.39, 0.29) is 6.61 Å². The average molecular weight is 290 g/mol. The largest absolute Gasteiger partial charge is 0.516 e. The van der Waals surface area contributed by atoms with E-state index in [0.717, 1.165) is 12.7 Å². The minimum atomic E-state index is -0.0629. The summed E-state index contributed by atoms with van der Waals surface area (Å²) in [5.41, 5.74) is 3.36. The Morgan fingerprint density at radius 2 is 1.48 bits per heavy atom. The van der Waals surface area contributed by atoms with Crippen molar-refractivity contribution in [1.29, 1.82) is 0 Å². The van der Waals surface area contributed by atoms with Crippen LogP contribution in [0.15, 0.2) is 36.1 Å². The number of rotatable bonds is 11. The lowest BCUT2D eigenvalue weighted by Gasteiger charge is -2.06. The molecule has 118 valence electrons. The number of aliphatic hydroxyl groups is 2. The quantitative estimate of drug-likeness (QED) is 0.447. The summed E-state index contributed by atoms with van der Waals surface area (Å²) in [6.07, 6.45) is 11.8. The molecule has 2 nitrogen and oxygen atoms in total. The van der Waals surface area contributed by atoms with Crippen LogP contribution in [-0.4, -0.2) is 16.8 Å². The first-order chi connectivity index (χ1) is 10.3. The van der Waals surface area contributed by atoms with E-state index in [1.807, 2.05) is 0 Å². The molecule has 2 N–H and O–H groups in total. The molecule has 0 amide bonds. The fourth-order valence-electron chi connectivity index (χ4n) is 2.47. The van der Waals surface area contributed by atoms with Crippen molar-refractivity contribution < 1.29 is 10.2 Å². The Balaban J connectivity index is 2.24. The van der Waals surface area contributed by atoms with E-state index in [2.05, 4.69) is 31.2 Å². The van der Waals surface area contributed by atoms with Crippen LogP contribution in [0, 0.1) is 0 Å². The molecule has 2 heteroatoms. The maximum absolute atomic E-state index is 8.99. The number of aliphatic hydroxyl groups excluding tert-OH is 2. The summed E-state index contributed by atoms with van der Waals surface area (Å²) >= 11 is 0. The first-order valence-corrected chi connectivity index (χ1v) is 8.31. The van der Waals surface area contributed by atoms with Crippen molar-refractivity contribution in [2.45, 2.75) is 64.7 Å². The Labute approximate surface area is 129 Å². The predicted octanol–water partition coefficient (Wildman–Crippen LogP) is 4.96. The van der Waals surface area contributed by atoms with Gasteiger partial charge in [-0.05, 0) is 42.4 Å². The lowest BCUT2D eigenvalue weighted by Crippen LogP contribution is -1.95. The van der Waals surface area contributed by atoms with E-state index in [9.17, 15) is 0 Å². The number of benzene rings is 1. The Kier molecular flexibility index (Phi) is 9.64. The van der Waals surface area contributed by atoms with Crippen molar-refractivity contribution in [2.24, 2.45) is 0 Å². The van der Waals surface area contributed by atoms with Crippen LogP contribution in [0.5, 0.6) is 0 Å². The van der Waals surface area contributed by atoms with Gasteiger partial charge in [0.05, 0.1) is 12.9 Å². The molecular weight excluding hydrogens is 260 g/mol. The molecule has 0 aliphatic carbocycles. The molecule has 0 heterocycles. The molecular formula is C19H30O2. The topological polar surface area (TPSA) is 40.5 Å². The van der Waals surface area contributed by atoms with Crippen LogP contribution >= 0.6 is 0 Å². The highest BCUT2D eigenvalue weighted by molar-refractivity contribution is 5.23. The summed E-state index contributed by atoms with van der Waals surface area (Å²) in [5.74, 6) is 0. The Morgan fingerprint density at radius 1 is 0.905 bits per heavy atom. The van der Waals surface area contributed by atoms with Crippen molar-refractivity contribution in [1.82, 2.24) is 0 Å². The molecule has 0 bridgehead atoms. The van der Waals surface area contributed by atoms with Crippen LogP contribution in [0.4, 0.5) is 0 Å². The molecule has 0 atom stereocenters. The van der Waals surface area contributed by atoms with Crippen LogP contribution in [-0.2, 0) is 12.8 Å². The van der Waals surface area contributed by atoms with Gasteiger partial charge >= 0.3 is 0 Å². The molecule has 0 unspecified atom stereocenters. The number of hydrogen-bond acceptors (Lipinski definition) is 2. The summed E-state index contributed by atoms with van der Waals surface area (Å²) in [6, 6.07) is 8.75. The maximum atomic E-state index is 8.99. The van der Waals surface area contributed by atoms with Gasteiger partial charge in [0.2, 0.25) is 0 Å². The average Bonchev–Trinajstić information content (AvgIpc) is 2.53. The highest BCUT2D eigenvalue weighted by Crippen LogP contribution is 2.13. The number of unbranched alkanes of at least 4 members (excludes halogenated alkanes) is 5. The van der Waals surface area contributed by atoms with Gasteiger partial charge in [-0.3, -0.25) is 0 Å². The summed E-state index contributed by atoms with van der Waals surface area (Å²) in [5, 5.41) is 17.9. The summed E-state index contributed by atoms with van der Waals surface area (Å²) in [6.45, 7) is 2.19. The zero-order valence-corrected chi connectivity index (χ0v) is 13.4. The lowest BCUT2D eigenvalue weighted by molar-refractivity contribution is 0.318. The van der Waals surface area contributed by atoms with Crippen molar-refractivity contribution in [3.8, 4) is 0 Å². The van der Waals surface area contributed by atoms with Crippen molar-refractivity contribution >= 4 is 0 Å². The van der Waals surface area contributed by atoms with Crippen molar-refractivity contribution in [3.63, 3.8) is 0 Å². The Morgan fingerprint density at radius 3 is 2.05 bits per heavy atom. The van der Waals surface area contributed by atoms with Gasteiger partial charge in [0.15, 0.2) is 0 Å². The fraction of sp³-hybridized carbons (Fsp3) is 0.579. The van der Waals surface area contributed by atoms with Crippen molar-refractivity contribution in [2.75, 3.05) is 6.61 Å².